The lowest BCUT2D eigenvalue weighted by Gasteiger charge is -2.39. The Labute approximate surface area is 204 Å². The summed E-state index contributed by atoms with van der Waals surface area (Å²) in [6.07, 6.45) is 1.89. The number of likely N-dealkylation sites (tertiary alicyclic amines) is 1. The van der Waals surface area contributed by atoms with E-state index in [-0.39, 0.29) is 11.9 Å². The van der Waals surface area contributed by atoms with Crippen LogP contribution in [0, 0.1) is 6.92 Å². The number of aryl methyl sites for hydroxylation is 1. The van der Waals surface area contributed by atoms with Gasteiger partial charge in [-0.2, -0.15) is 0 Å². The summed E-state index contributed by atoms with van der Waals surface area (Å²) in [6, 6.07) is 24.9. The van der Waals surface area contributed by atoms with E-state index in [0.29, 0.717) is 5.92 Å². The molecule has 3 aromatic rings. The molecule has 0 saturated carbocycles. The quantitative estimate of drug-likeness (QED) is 0.410. The van der Waals surface area contributed by atoms with E-state index in [1.807, 2.05) is 60.4 Å². The summed E-state index contributed by atoms with van der Waals surface area (Å²) in [5, 5.41) is 0. The second-order valence-corrected chi connectivity index (χ2v) is 9.65. The molecule has 4 rings (SSSR count). The van der Waals surface area contributed by atoms with Gasteiger partial charge in [0, 0.05) is 43.0 Å². The minimum absolute atomic E-state index is 0.0518. The van der Waals surface area contributed by atoms with Crippen molar-refractivity contribution in [3.8, 4) is 5.75 Å². The number of rotatable bonds is 7. The first-order valence-electron chi connectivity index (χ1n) is 12.3. The molecule has 4 heteroatoms. The predicted octanol–water partition coefficient (Wildman–Crippen LogP) is 6.44. The average Bonchev–Trinajstić information content (AvgIpc) is 2.86. The molecule has 3 aromatic carbocycles. The van der Waals surface area contributed by atoms with Crippen LogP contribution in [0.5, 0.6) is 5.75 Å². The highest BCUT2D eigenvalue weighted by Crippen LogP contribution is 2.29. The fraction of sp³-hybridized carbons (Fsp3) is 0.367. The number of benzene rings is 3. The fourth-order valence-corrected chi connectivity index (χ4v) is 4.69. The number of nitrogens with zero attached hydrogens (tertiary/aromatic N) is 2. The molecule has 0 spiro atoms. The molecule has 1 saturated heterocycles. The zero-order chi connectivity index (χ0) is 24.1. The summed E-state index contributed by atoms with van der Waals surface area (Å²) in [4.78, 5) is 18.2. The second kappa shape index (κ2) is 10.9. The third-order valence-corrected chi connectivity index (χ3v) is 6.82. The summed E-state index contributed by atoms with van der Waals surface area (Å²) in [6.45, 7) is 9.39. The Bertz CT molecular complexity index is 1080. The van der Waals surface area contributed by atoms with Crippen LogP contribution < -0.4 is 9.64 Å². The molecule has 0 aliphatic carbocycles. The molecule has 1 heterocycles. The topological polar surface area (TPSA) is 32.8 Å². The Morgan fingerprint density at radius 2 is 1.68 bits per heavy atom. The maximum absolute atomic E-state index is 13.7. The van der Waals surface area contributed by atoms with Gasteiger partial charge in [-0.1, -0.05) is 61.9 Å². The lowest BCUT2D eigenvalue weighted by molar-refractivity contribution is 0.0958. The van der Waals surface area contributed by atoms with Crippen molar-refractivity contribution in [2.75, 3.05) is 25.1 Å². The van der Waals surface area contributed by atoms with Gasteiger partial charge in [0.15, 0.2) is 0 Å². The number of anilines is 1. The average molecular weight is 457 g/mol. The normalized spacial score (nSPS) is 14.9. The molecule has 0 unspecified atom stereocenters. The molecule has 34 heavy (non-hydrogen) atoms. The van der Waals surface area contributed by atoms with E-state index in [2.05, 4.69) is 43.0 Å². The van der Waals surface area contributed by atoms with Crippen LogP contribution in [0.3, 0.4) is 0 Å². The third-order valence-electron chi connectivity index (χ3n) is 6.82. The van der Waals surface area contributed by atoms with Gasteiger partial charge >= 0.3 is 0 Å². The highest BCUT2D eigenvalue weighted by Gasteiger charge is 2.30. The molecule has 0 N–H and O–H groups in total. The lowest BCUT2D eigenvalue weighted by atomic mass is 9.99. The largest absolute Gasteiger partial charge is 0.497 e. The number of hydrogen-bond donors (Lipinski definition) is 0. The van der Waals surface area contributed by atoms with Crippen LogP contribution in [0.25, 0.3) is 0 Å². The Balaban J connectivity index is 1.49. The zero-order valence-electron chi connectivity index (χ0n) is 20.8. The van der Waals surface area contributed by atoms with Gasteiger partial charge in [-0.25, -0.2) is 0 Å². The molecule has 178 valence electrons. The maximum Gasteiger partial charge on any atom is 0.258 e. The molecule has 0 atom stereocenters. The van der Waals surface area contributed by atoms with E-state index in [9.17, 15) is 4.79 Å². The minimum atomic E-state index is 0.0518. The van der Waals surface area contributed by atoms with E-state index in [1.165, 1.54) is 11.1 Å². The van der Waals surface area contributed by atoms with Gasteiger partial charge in [-0.15, -0.1) is 0 Å². The van der Waals surface area contributed by atoms with Crippen LogP contribution in [0.1, 0.15) is 59.7 Å². The number of methoxy groups -OCH3 is 1. The predicted molar refractivity (Wildman–Crippen MR) is 140 cm³/mol. The van der Waals surface area contributed by atoms with Crippen molar-refractivity contribution in [3.05, 3.63) is 95.1 Å². The van der Waals surface area contributed by atoms with E-state index < -0.39 is 0 Å². The second-order valence-electron chi connectivity index (χ2n) is 9.65. The molecule has 1 fully saturated rings. The van der Waals surface area contributed by atoms with Gasteiger partial charge in [0.2, 0.25) is 0 Å². The number of amides is 1. The summed E-state index contributed by atoms with van der Waals surface area (Å²) >= 11 is 0. The first-order chi connectivity index (χ1) is 16.4. The first kappa shape index (κ1) is 24.0. The monoisotopic (exact) mass is 456 g/mol. The van der Waals surface area contributed by atoms with Crippen molar-refractivity contribution < 1.29 is 9.53 Å². The summed E-state index contributed by atoms with van der Waals surface area (Å²) < 4.78 is 5.45. The van der Waals surface area contributed by atoms with Crippen molar-refractivity contribution in [2.24, 2.45) is 0 Å². The molecule has 4 nitrogen and oxygen atoms in total. The van der Waals surface area contributed by atoms with Crippen LogP contribution in [-0.4, -0.2) is 37.0 Å². The van der Waals surface area contributed by atoms with Crippen molar-refractivity contribution >= 4 is 11.6 Å². The fourth-order valence-electron chi connectivity index (χ4n) is 4.69. The van der Waals surface area contributed by atoms with Gasteiger partial charge < -0.3 is 9.64 Å². The Morgan fingerprint density at radius 1 is 1.00 bits per heavy atom. The van der Waals surface area contributed by atoms with Crippen LogP contribution in [0.15, 0.2) is 72.8 Å². The molecule has 1 amide bonds. The maximum atomic E-state index is 13.7. The zero-order valence-corrected chi connectivity index (χ0v) is 20.8. The molecule has 1 aliphatic heterocycles. The van der Waals surface area contributed by atoms with Crippen LogP contribution in [0.2, 0.25) is 0 Å². The van der Waals surface area contributed by atoms with Crippen molar-refractivity contribution in [1.29, 1.82) is 0 Å². The number of piperidine rings is 1. The number of carbonyl (C=O) groups excluding carboxylic acids is 1. The Morgan fingerprint density at radius 3 is 2.29 bits per heavy atom. The van der Waals surface area contributed by atoms with Gasteiger partial charge in [-0.3, -0.25) is 9.69 Å². The third kappa shape index (κ3) is 5.68. The van der Waals surface area contributed by atoms with E-state index in [4.69, 9.17) is 4.74 Å². The van der Waals surface area contributed by atoms with Gasteiger partial charge in [-0.05, 0) is 61.1 Å². The highest BCUT2D eigenvalue weighted by atomic mass is 16.5. The smallest absolute Gasteiger partial charge is 0.258 e. The molecule has 0 radical (unpaired) electrons. The van der Waals surface area contributed by atoms with Crippen LogP contribution in [0.4, 0.5) is 5.69 Å². The van der Waals surface area contributed by atoms with E-state index >= 15 is 0 Å². The Kier molecular flexibility index (Phi) is 7.69. The van der Waals surface area contributed by atoms with Crippen LogP contribution >= 0.6 is 0 Å². The summed E-state index contributed by atoms with van der Waals surface area (Å²) in [5.41, 5.74) is 5.50. The van der Waals surface area contributed by atoms with Crippen LogP contribution in [-0.2, 0) is 6.54 Å². The Hall–Kier alpha value is -3.11. The number of ether oxygens (including phenoxy) is 1. The molecular weight excluding hydrogens is 420 g/mol. The van der Waals surface area contributed by atoms with Crippen molar-refractivity contribution in [1.82, 2.24) is 4.90 Å². The van der Waals surface area contributed by atoms with Gasteiger partial charge in [0.05, 0.1) is 7.11 Å². The molecular formula is C30H36N2O2. The SMILES string of the molecule is COc1cccc(N(C(=O)c2ccc(C)cc2)C2CCN(Cc3ccc(C(C)C)cc3)CC2)c1. The standard InChI is InChI=1S/C30H36N2O2/c1-22(2)25-14-10-24(11-15-25)21-31-18-16-27(17-19-31)32(28-6-5-7-29(20-28)34-4)30(33)26-12-8-23(3)9-13-26/h5-15,20,22,27H,16-19,21H2,1-4H3. The highest BCUT2D eigenvalue weighted by molar-refractivity contribution is 6.06. The molecule has 1 aliphatic rings. The van der Waals surface area contributed by atoms with Gasteiger partial charge in [0.25, 0.3) is 5.91 Å². The van der Waals surface area contributed by atoms with E-state index in [1.54, 1.807) is 7.11 Å². The number of carbonyl (C=O) groups is 1. The molecule has 0 bridgehead atoms. The lowest BCUT2D eigenvalue weighted by Crippen LogP contribution is -2.47. The number of hydrogen-bond acceptors (Lipinski definition) is 3. The van der Waals surface area contributed by atoms with Crippen molar-refractivity contribution in [3.63, 3.8) is 0 Å². The summed E-state index contributed by atoms with van der Waals surface area (Å²) in [5.74, 6) is 1.37. The minimum Gasteiger partial charge on any atom is -0.497 e. The van der Waals surface area contributed by atoms with E-state index in [0.717, 1.165) is 55.0 Å². The van der Waals surface area contributed by atoms with Gasteiger partial charge in [0.1, 0.15) is 5.75 Å². The molecule has 0 aromatic heterocycles. The first-order valence-corrected chi connectivity index (χ1v) is 12.3. The summed E-state index contributed by atoms with van der Waals surface area (Å²) in [7, 11) is 1.66. The van der Waals surface area contributed by atoms with Crippen molar-refractivity contribution in [2.45, 2.75) is 52.1 Å².